The van der Waals surface area contributed by atoms with Gasteiger partial charge in [-0.15, -0.1) is 10.2 Å². The van der Waals surface area contributed by atoms with Gasteiger partial charge in [-0.05, 0) is 58.6 Å². The molecule has 1 fully saturated rings. The van der Waals surface area contributed by atoms with Crippen molar-refractivity contribution in [2.75, 3.05) is 5.32 Å². The van der Waals surface area contributed by atoms with E-state index in [9.17, 15) is 14.4 Å². The van der Waals surface area contributed by atoms with E-state index in [4.69, 9.17) is 16.3 Å². The van der Waals surface area contributed by atoms with Crippen molar-refractivity contribution in [3.63, 3.8) is 0 Å². The Morgan fingerprint density at radius 2 is 1.88 bits per heavy atom. The topological polar surface area (TPSA) is 131 Å². The Kier molecular flexibility index (Phi) is 7.29. The first-order chi connectivity index (χ1) is 15.1. The van der Waals surface area contributed by atoms with Crippen molar-refractivity contribution >= 4 is 35.3 Å². The zero-order valence-corrected chi connectivity index (χ0v) is 18.9. The van der Waals surface area contributed by atoms with Gasteiger partial charge in [-0.25, -0.2) is 14.8 Å². The molecule has 172 valence electrons. The van der Waals surface area contributed by atoms with Crippen molar-refractivity contribution < 1.29 is 19.1 Å². The van der Waals surface area contributed by atoms with Gasteiger partial charge in [0, 0.05) is 12.2 Å². The lowest BCUT2D eigenvalue weighted by molar-refractivity contribution is -0.140. The summed E-state index contributed by atoms with van der Waals surface area (Å²) in [7, 11) is 0. The smallest absolute Gasteiger partial charge is 0.429 e. The predicted molar refractivity (Wildman–Crippen MR) is 115 cm³/mol. The number of halogens is 1. The molecule has 1 saturated carbocycles. The van der Waals surface area contributed by atoms with Crippen LogP contribution in [0.15, 0.2) is 31.0 Å². The quantitative estimate of drug-likeness (QED) is 0.528. The van der Waals surface area contributed by atoms with E-state index in [1.807, 2.05) is 4.57 Å². The Morgan fingerprint density at radius 3 is 2.50 bits per heavy atom. The molecule has 1 aliphatic rings. The van der Waals surface area contributed by atoms with Crippen LogP contribution in [-0.2, 0) is 14.3 Å². The Balaban J connectivity index is 1.73. The molecule has 2 N–H and O–H groups in total. The Morgan fingerprint density at radius 1 is 1.16 bits per heavy atom. The number of aromatic nitrogens is 4. The van der Waals surface area contributed by atoms with Gasteiger partial charge in [0.15, 0.2) is 0 Å². The van der Waals surface area contributed by atoms with Gasteiger partial charge in [-0.1, -0.05) is 11.6 Å². The molecule has 12 heteroatoms. The van der Waals surface area contributed by atoms with Gasteiger partial charge in [-0.3, -0.25) is 15.0 Å². The first kappa shape index (κ1) is 23.5. The highest BCUT2D eigenvalue weighted by Gasteiger charge is 2.35. The summed E-state index contributed by atoms with van der Waals surface area (Å²) in [5.74, 6) is -1.83. The zero-order valence-electron chi connectivity index (χ0n) is 18.1. The van der Waals surface area contributed by atoms with Crippen molar-refractivity contribution in [3.8, 4) is 0 Å². The Hall–Kier alpha value is -3.21. The number of anilines is 1. The molecule has 0 bridgehead atoms. The number of carbonyl (C=O) groups is 3. The second-order valence-corrected chi connectivity index (χ2v) is 8.93. The molecule has 2 atom stereocenters. The van der Waals surface area contributed by atoms with Crippen LogP contribution in [0.25, 0.3) is 0 Å². The molecular weight excluding hydrogens is 438 g/mol. The summed E-state index contributed by atoms with van der Waals surface area (Å²) in [5, 5.41) is 11.6. The number of nitrogens with one attached hydrogen (secondary N) is 2. The van der Waals surface area contributed by atoms with Gasteiger partial charge >= 0.3 is 17.9 Å². The minimum atomic E-state index is -1.01. The SMILES string of the molecule is CC(C)(C)OC(=O)N(NC(=O)C(=O)Nc1ccc(Cl)cn1)C1CCC[C@H](n2cnnc2)C1. The average Bonchev–Trinajstić information content (AvgIpc) is 3.27. The molecule has 2 heterocycles. The van der Waals surface area contributed by atoms with E-state index in [0.29, 0.717) is 17.9 Å². The standard InChI is InChI=1S/C20H26ClN7O4/c1-20(2,3)32-19(31)28(15-6-4-5-14(9-15)27-11-23-24-12-27)26-18(30)17(29)25-16-8-7-13(21)10-22-16/h7-8,10-12,14-15H,4-6,9H2,1-3H3,(H,26,30)(H,22,25,29)/t14-,15?/m0/s1. The summed E-state index contributed by atoms with van der Waals surface area (Å²) in [6, 6.07) is 2.67. The number of hydrogen-bond acceptors (Lipinski definition) is 7. The summed E-state index contributed by atoms with van der Waals surface area (Å²) in [6.07, 6.45) is 6.71. The first-order valence-corrected chi connectivity index (χ1v) is 10.6. The number of pyridine rings is 1. The van der Waals surface area contributed by atoms with Crippen LogP contribution in [0.1, 0.15) is 52.5 Å². The molecule has 3 rings (SSSR count). The molecule has 0 radical (unpaired) electrons. The van der Waals surface area contributed by atoms with Gasteiger partial charge in [-0.2, -0.15) is 0 Å². The lowest BCUT2D eigenvalue weighted by atomic mass is 9.90. The van der Waals surface area contributed by atoms with Crippen molar-refractivity contribution in [1.29, 1.82) is 0 Å². The number of carbonyl (C=O) groups excluding carboxylic acids is 3. The number of ether oxygens (including phenoxy) is 1. The molecule has 0 saturated heterocycles. The van der Waals surface area contributed by atoms with E-state index in [-0.39, 0.29) is 17.9 Å². The van der Waals surface area contributed by atoms with Crippen molar-refractivity contribution in [1.82, 2.24) is 30.2 Å². The molecular formula is C20H26ClN7O4. The fourth-order valence-electron chi connectivity index (χ4n) is 3.42. The maximum Gasteiger partial charge on any atom is 0.429 e. The number of hydrazine groups is 1. The van der Waals surface area contributed by atoms with Gasteiger partial charge in [0.2, 0.25) is 0 Å². The minimum absolute atomic E-state index is 0.0534. The molecule has 0 spiro atoms. The lowest BCUT2D eigenvalue weighted by Crippen LogP contribution is -2.56. The van der Waals surface area contributed by atoms with Crippen LogP contribution in [0.5, 0.6) is 0 Å². The second-order valence-electron chi connectivity index (χ2n) is 8.49. The third kappa shape index (κ3) is 6.39. The van der Waals surface area contributed by atoms with Crippen molar-refractivity contribution in [2.45, 2.75) is 64.1 Å². The first-order valence-electron chi connectivity index (χ1n) is 10.2. The van der Waals surface area contributed by atoms with E-state index in [1.54, 1.807) is 33.4 Å². The van der Waals surface area contributed by atoms with Crippen LogP contribution < -0.4 is 10.7 Å². The maximum absolute atomic E-state index is 12.9. The molecule has 0 aliphatic heterocycles. The number of nitrogens with zero attached hydrogens (tertiary/aromatic N) is 5. The van der Waals surface area contributed by atoms with Gasteiger partial charge in [0.25, 0.3) is 0 Å². The molecule has 0 aromatic carbocycles. The number of amides is 3. The molecule has 3 amide bonds. The van der Waals surface area contributed by atoms with Gasteiger partial charge < -0.3 is 14.6 Å². The zero-order chi connectivity index (χ0) is 23.3. The van der Waals surface area contributed by atoms with Crippen LogP contribution in [0, 0.1) is 0 Å². The van der Waals surface area contributed by atoms with Crippen LogP contribution in [0.2, 0.25) is 5.02 Å². The summed E-state index contributed by atoms with van der Waals surface area (Å²) in [5.41, 5.74) is 1.64. The Labute approximate surface area is 190 Å². The molecule has 11 nitrogen and oxygen atoms in total. The molecule has 2 aromatic heterocycles. The monoisotopic (exact) mass is 463 g/mol. The predicted octanol–water partition coefficient (Wildman–Crippen LogP) is 2.72. The normalized spacial score (nSPS) is 18.5. The number of rotatable bonds is 3. The highest BCUT2D eigenvalue weighted by molar-refractivity contribution is 6.39. The fraction of sp³-hybridized carbons (Fsp3) is 0.500. The second kappa shape index (κ2) is 9.94. The van der Waals surface area contributed by atoms with E-state index < -0.39 is 23.5 Å². The summed E-state index contributed by atoms with van der Waals surface area (Å²) in [6.45, 7) is 5.18. The highest BCUT2D eigenvalue weighted by atomic mass is 35.5. The minimum Gasteiger partial charge on any atom is -0.442 e. The van der Waals surface area contributed by atoms with Crippen LogP contribution >= 0.6 is 11.6 Å². The largest absolute Gasteiger partial charge is 0.442 e. The highest BCUT2D eigenvalue weighted by Crippen LogP contribution is 2.31. The average molecular weight is 464 g/mol. The fourth-order valence-corrected chi connectivity index (χ4v) is 3.53. The third-order valence-electron chi connectivity index (χ3n) is 4.83. The van der Waals surface area contributed by atoms with Crippen LogP contribution in [0.3, 0.4) is 0 Å². The summed E-state index contributed by atoms with van der Waals surface area (Å²) < 4.78 is 7.35. The number of hydrogen-bond donors (Lipinski definition) is 2. The van der Waals surface area contributed by atoms with Crippen LogP contribution in [-0.4, -0.2) is 54.3 Å². The molecule has 32 heavy (non-hydrogen) atoms. The van der Waals surface area contributed by atoms with Crippen LogP contribution in [0.4, 0.5) is 10.6 Å². The maximum atomic E-state index is 12.9. The Bertz CT molecular complexity index is 944. The molecule has 1 unspecified atom stereocenters. The van der Waals surface area contributed by atoms with E-state index in [2.05, 4.69) is 25.9 Å². The third-order valence-corrected chi connectivity index (χ3v) is 5.05. The van der Waals surface area contributed by atoms with Gasteiger partial charge in [0.1, 0.15) is 24.1 Å². The van der Waals surface area contributed by atoms with E-state index in [0.717, 1.165) is 17.9 Å². The van der Waals surface area contributed by atoms with Gasteiger partial charge in [0.05, 0.1) is 11.1 Å². The van der Waals surface area contributed by atoms with E-state index in [1.165, 1.54) is 18.3 Å². The van der Waals surface area contributed by atoms with Crippen molar-refractivity contribution in [2.24, 2.45) is 0 Å². The lowest BCUT2D eigenvalue weighted by Gasteiger charge is -2.37. The molecule has 1 aliphatic carbocycles. The summed E-state index contributed by atoms with van der Waals surface area (Å²) >= 11 is 5.78. The molecule has 2 aromatic rings. The summed E-state index contributed by atoms with van der Waals surface area (Å²) in [4.78, 5) is 41.8. The van der Waals surface area contributed by atoms with E-state index >= 15 is 0 Å². The van der Waals surface area contributed by atoms with Crippen molar-refractivity contribution in [3.05, 3.63) is 36.0 Å².